The topological polar surface area (TPSA) is 59.5 Å². The zero-order valence-corrected chi connectivity index (χ0v) is 16.7. The average Bonchev–Trinajstić information content (AvgIpc) is 2.73. The molecule has 6 nitrogen and oxygen atoms in total. The van der Waals surface area contributed by atoms with Gasteiger partial charge in [0.05, 0.1) is 19.9 Å². The van der Waals surface area contributed by atoms with Crippen LogP contribution in [-0.2, 0) is 6.54 Å². The molecular weight excluding hydrogens is 352 g/mol. The molecule has 28 heavy (non-hydrogen) atoms. The molecule has 0 bridgehead atoms. The van der Waals surface area contributed by atoms with E-state index >= 15 is 0 Å². The summed E-state index contributed by atoms with van der Waals surface area (Å²) in [6.45, 7) is 5.02. The van der Waals surface area contributed by atoms with Crippen molar-refractivity contribution in [3.05, 3.63) is 66.4 Å². The summed E-state index contributed by atoms with van der Waals surface area (Å²) < 4.78 is 10.7. The molecule has 0 amide bonds. The fourth-order valence-electron chi connectivity index (χ4n) is 2.86. The number of aromatic nitrogens is 2. The molecule has 0 saturated heterocycles. The predicted octanol–water partition coefficient (Wildman–Crippen LogP) is 4.65. The van der Waals surface area contributed by atoms with Gasteiger partial charge in [0.1, 0.15) is 17.3 Å². The Labute approximate surface area is 166 Å². The van der Waals surface area contributed by atoms with Crippen molar-refractivity contribution in [1.29, 1.82) is 0 Å². The molecular formula is C22H26N4O2. The largest absolute Gasteiger partial charge is 0.497 e. The molecule has 2 aromatic carbocycles. The van der Waals surface area contributed by atoms with Crippen LogP contribution in [0.1, 0.15) is 19.4 Å². The second kappa shape index (κ2) is 9.08. The third kappa shape index (κ3) is 4.71. The maximum atomic E-state index is 5.46. The van der Waals surface area contributed by atoms with Crippen molar-refractivity contribution in [2.45, 2.75) is 26.4 Å². The van der Waals surface area contributed by atoms with Crippen molar-refractivity contribution in [2.24, 2.45) is 0 Å². The number of hydrogen-bond donors (Lipinski definition) is 1. The summed E-state index contributed by atoms with van der Waals surface area (Å²) >= 11 is 0. The minimum absolute atomic E-state index is 0.256. The Hall–Kier alpha value is -3.28. The van der Waals surface area contributed by atoms with E-state index in [1.807, 2.05) is 42.5 Å². The Balaban J connectivity index is 1.84. The SMILES string of the molecule is COc1ccc(Nc2ccnc(N(Cc3ccccc3)C(C)C)n2)c(OC)c1. The summed E-state index contributed by atoms with van der Waals surface area (Å²) in [5, 5.41) is 3.31. The van der Waals surface area contributed by atoms with E-state index in [2.05, 4.69) is 41.2 Å². The van der Waals surface area contributed by atoms with Crippen molar-refractivity contribution in [3.8, 4) is 11.5 Å². The number of nitrogens with zero attached hydrogens (tertiary/aromatic N) is 3. The predicted molar refractivity (Wildman–Crippen MR) is 113 cm³/mol. The van der Waals surface area contributed by atoms with Gasteiger partial charge in [0.2, 0.25) is 5.95 Å². The standard InChI is InChI=1S/C22H26N4O2/c1-16(2)26(15-17-8-6-5-7-9-17)22-23-13-12-21(25-22)24-19-11-10-18(27-3)14-20(19)28-4/h5-14,16H,15H2,1-4H3,(H,23,24,25). The van der Waals surface area contributed by atoms with Gasteiger partial charge in [-0.25, -0.2) is 4.98 Å². The molecule has 1 aromatic heterocycles. The van der Waals surface area contributed by atoms with Gasteiger partial charge in [0.15, 0.2) is 0 Å². The van der Waals surface area contributed by atoms with Crippen molar-refractivity contribution in [2.75, 3.05) is 24.4 Å². The minimum atomic E-state index is 0.256. The van der Waals surface area contributed by atoms with Gasteiger partial charge in [-0.15, -0.1) is 0 Å². The molecule has 0 radical (unpaired) electrons. The highest BCUT2D eigenvalue weighted by Crippen LogP contribution is 2.31. The fraction of sp³-hybridized carbons (Fsp3) is 0.273. The molecule has 0 fully saturated rings. The highest BCUT2D eigenvalue weighted by molar-refractivity contribution is 5.66. The van der Waals surface area contributed by atoms with Crippen molar-refractivity contribution in [3.63, 3.8) is 0 Å². The monoisotopic (exact) mass is 378 g/mol. The van der Waals surface area contributed by atoms with Gasteiger partial charge in [-0.2, -0.15) is 4.98 Å². The van der Waals surface area contributed by atoms with Crippen LogP contribution in [0.15, 0.2) is 60.8 Å². The third-order valence-electron chi connectivity index (χ3n) is 4.39. The zero-order chi connectivity index (χ0) is 19.9. The molecule has 3 aromatic rings. The quantitative estimate of drug-likeness (QED) is 0.616. The van der Waals surface area contributed by atoms with Crippen molar-refractivity contribution >= 4 is 17.5 Å². The summed E-state index contributed by atoms with van der Waals surface area (Å²) in [6, 6.07) is 18.0. The van der Waals surface area contributed by atoms with Crippen LogP contribution in [0.3, 0.4) is 0 Å². The van der Waals surface area contributed by atoms with Crippen LogP contribution < -0.4 is 19.7 Å². The summed E-state index contributed by atoms with van der Waals surface area (Å²) in [5.74, 6) is 2.80. The van der Waals surface area contributed by atoms with Crippen molar-refractivity contribution in [1.82, 2.24) is 9.97 Å². The lowest BCUT2D eigenvalue weighted by Crippen LogP contribution is -2.31. The van der Waals surface area contributed by atoms with Gasteiger partial charge in [-0.05, 0) is 37.6 Å². The van der Waals surface area contributed by atoms with Crippen LogP contribution in [0.5, 0.6) is 11.5 Å². The molecule has 1 N–H and O–H groups in total. The summed E-state index contributed by atoms with van der Waals surface area (Å²) in [6.07, 6.45) is 1.76. The smallest absolute Gasteiger partial charge is 0.227 e. The first kappa shape index (κ1) is 19.5. The van der Waals surface area contributed by atoms with Crippen LogP contribution in [0, 0.1) is 0 Å². The summed E-state index contributed by atoms with van der Waals surface area (Å²) in [4.78, 5) is 11.4. The molecule has 0 spiro atoms. The number of rotatable bonds is 8. The average molecular weight is 378 g/mol. The van der Waals surface area contributed by atoms with E-state index in [-0.39, 0.29) is 6.04 Å². The molecule has 0 aliphatic carbocycles. The van der Waals surface area contributed by atoms with Crippen LogP contribution in [-0.4, -0.2) is 30.2 Å². The lowest BCUT2D eigenvalue weighted by molar-refractivity contribution is 0.395. The number of hydrogen-bond acceptors (Lipinski definition) is 6. The molecule has 1 heterocycles. The van der Waals surface area contributed by atoms with E-state index in [0.717, 1.165) is 18.0 Å². The van der Waals surface area contributed by atoms with Crippen molar-refractivity contribution < 1.29 is 9.47 Å². The van der Waals surface area contributed by atoms with Gasteiger partial charge in [0, 0.05) is 24.8 Å². The summed E-state index contributed by atoms with van der Waals surface area (Å²) in [5.41, 5.74) is 2.03. The first-order valence-corrected chi connectivity index (χ1v) is 9.23. The molecule has 0 saturated carbocycles. The number of benzene rings is 2. The Kier molecular flexibility index (Phi) is 6.32. The van der Waals surface area contributed by atoms with Gasteiger partial charge in [0.25, 0.3) is 0 Å². The summed E-state index contributed by atoms with van der Waals surface area (Å²) in [7, 11) is 3.26. The van der Waals surface area contributed by atoms with Gasteiger partial charge >= 0.3 is 0 Å². The lowest BCUT2D eigenvalue weighted by atomic mass is 10.2. The Morgan fingerprint density at radius 2 is 1.79 bits per heavy atom. The highest BCUT2D eigenvalue weighted by Gasteiger charge is 2.15. The zero-order valence-electron chi connectivity index (χ0n) is 16.7. The van der Waals surface area contributed by atoms with Gasteiger partial charge < -0.3 is 19.7 Å². The number of anilines is 3. The Bertz CT molecular complexity index is 900. The third-order valence-corrected chi connectivity index (χ3v) is 4.39. The van der Waals surface area contributed by atoms with Gasteiger partial charge in [-0.3, -0.25) is 0 Å². The first-order valence-electron chi connectivity index (χ1n) is 9.23. The number of nitrogens with one attached hydrogen (secondary N) is 1. The number of methoxy groups -OCH3 is 2. The second-order valence-electron chi connectivity index (χ2n) is 6.64. The van der Waals surface area contributed by atoms with E-state index in [1.165, 1.54) is 5.56 Å². The molecule has 6 heteroatoms. The van der Waals surface area contributed by atoms with E-state index in [9.17, 15) is 0 Å². The first-order chi connectivity index (χ1) is 13.6. The van der Waals surface area contributed by atoms with E-state index < -0.39 is 0 Å². The molecule has 0 unspecified atom stereocenters. The second-order valence-corrected chi connectivity index (χ2v) is 6.64. The maximum absolute atomic E-state index is 5.46. The van der Waals surface area contributed by atoms with E-state index in [1.54, 1.807) is 20.4 Å². The van der Waals surface area contributed by atoms with Crippen LogP contribution in [0.2, 0.25) is 0 Å². The highest BCUT2D eigenvalue weighted by atomic mass is 16.5. The van der Waals surface area contributed by atoms with Crippen LogP contribution >= 0.6 is 0 Å². The normalized spacial score (nSPS) is 10.6. The fourth-order valence-corrected chi connectivity index (χ4v) is 2.86. The molecule has 3 rings (SSSR count). The number of ether oxygens (including phenoxy) is 2. The van der Waals surface area contributed by atoms with E-state index in [4.69, 9.17) is 14.5 Å². The molecule has 0 atom stereocenters. The Morgan fingerprint density at radius 1 is 1.00 bits per heavy atom. The molecule has 146 valence electrons. The van der Waals surface area contributed by atoms with E-state index in [0.29, 0.717) is 17.5 Å². The minimum Gasteiger partial charge on any atom is -0.497 e. The van der Waals surface area contributed by atoms with Crippen LogP contribution in [0.25, 0.3) is 0 Å². The maximum Gasteiger partial charge on any atom is 0.227 e. The van der Waals surface area contributed by atoms with Crippen LogP contribution in [0.4, 0.5) is 17.5 Å². The lowest BCUT2D eigenvalue weighted by Gasteiger charge is -2.27. The molecule has 0 aliphatic rings. The molecule has 0 aliphatic heterocycles. The Morgan fingerprint density at radius 3 is 2.46 bits per heavy atom. The van der Waals surface area contributed by atoms with Gasteiger partial charge in [-0.1, -0.05) is 30.3 Å².